The van der Waals surface area contributed by atoms with Gasteiger partial charge in [-0.25, -0.2) is 0 Å². The lowest BCUT2D eigenvalue weighted by molar-refractivity contribution is 1.00. The topological polar surface area (TPSA) is 0 Å². The van der Waals surface area contributed by atoms with Gasteiger partial charge in [0, 0.05) is 9.50 Å². The molecule has 0 nitrogen and oxygen atoms in total. The highest BCUT2D eigenvalue weighted by Crippen LogP contribution is 2.26. The van der Waals surface area contributed by atoms with Crippen LogP contribution in [0, 0.1) is 6.92 Å². The van der Waals surface area contributed by atoms with Crippen LogP contribution in [0.3, 0.4) is 0 Å². The lowest BCUT2D eigenvalue weighted by Gasteiger charge is -2.05. The van der Waals surface area contributed by atoms with Gasteiger partial charge >= 0.3 is 0 Å². The minimum atomic E-state index is 0.833. The molecule has 0 radical (unpaired) electrons. The van der Waals surface area contributed by atoms with E-state index in [0.717, 1.165) is 22.3 Å². The Hall–Kier alpha value is -0.270. The van der Waals surface area contributed by atoms with Gasteiger partial charge in [0.25, 0.3) is 0 Å². The molecule has 0 spiro atoms. The van der Waals surface area contributed by atoms with Gasteiger partial charge in [0.15, 0.2) is 0 Å². The summed E-state index contributed by atoms with van der Waals surface area (Å²) in [5.41, 5.74) is 2.42. The summed E-state index contributed by atoms with van der Waals surface area (Å²) in [6.07, 6.45) is 3.85. The quantitative estimate of drug-likeness (QED) is 0.700. The number of allylic oxidation sites excluding steroid dienone is 1. The molecule has 0 amide bonds. The minimum absolute atomic E-state index is 0.833. The Morgan fingerprint density at radius 3 is 2.85 bits per heavy atom. The van der Waals surface area contributed by atoms with Crippen LogP contribution >= 0.6 is 27.5 Å². The Balaban J connectivity index is 2.94. The Morgan fingerprint density at radius 2 is 2.23 bits per heavy atom. The fraction of sp³-hybridized carbons (Fsp3) is 0.273. The number of halogens is 2. The number of hydrogen-bond donors (Lipinski definition) is 0. The number of hydrogen-bond acceptors (Lipinski definition) is 0. The van der Waals surface area contributed by atoms with E-state index in [1.165, 1.54) is 11.1 Å². The smallest absolute Gasteiger partial charge is 0.0449 e. The molecule has 0 unspecified atom stereocenters. The van der Waals surface area contributed by atoms with Crippen molar-refractivity contribution in [3.63, 3.8) is 0 Å². The molecule has 0 atom stereocenters. The molecule has 0 heterocycles. The molecule has 0 N–H and O–H groups in total. The maximum Gasteiger partial charge on any atom is 0.0449 e. The van der Waals surface area contributed by atoms with E-state index in [9.17, 15) is 0 Å². The first kappa shape index (κ1) is 10.8. The van der Waals surface area contributed by atoms with Gasteiger partial charge < -0.3 is 0 Å². The molecule has 0 saturated heterocycles. The lowest BCUT2D eigenvalue weighted by Crippen LogP contribution is -1.87. The SMILES string of the molecule is C=CCCc1cc(C)c(Br)cc1Cl. The fourth-order valence-electron chi connectivity index (χ4n) is 1.17. The van der Waals surface area contributed by atoms with Gasteiger partial charge in [0.1, 0.15) is 0 Å². The van der Waals surface area contributed by atoms with Crippen LogP contribution < -0.4 is 0 Å². The minimum Gasteiger partial charge on any atom is -0.103 e. The normalized spacial score (nSPS) is 10.1. The van der Waals surface area contributed by atoms with Crippen molar-refractivity contribution >= 4 is 27.5 Å². The van der Waals surface area contributed by atoms with E-state index in [0.29, 0.717) is 0 Å². The maximum absolute atomic E-state index is 6.07. The molecular formula is C11H12BrCl. The van der Waals surface area contributed by atoms with Crippen molar-refractivity contribution < 1.29 is 0 Å². The Morgan fingerprint density at radius 1 is 1.54 bits per heavy atom. The van der Waals surface area contributed by atoms with Gasteiger partial charge in [0.2, 0.25) is 0 Å². The van der Waals surface area contributed by atoms with Gasteiger partial charge in [0.05, 0.1) is 0 Å². The third kappa shape index (κ3) is 2.85. The van der Waals surface area contributed by atoms with Crippen LogP contribution in [-0.2, 0) is 6.42 Å². The predicted octanol–water partition coefficient (Wildman–Crippen LogP) is 4.53. The van der Waals surface area contributed by atoms with Crippen molar-refractivity contribution in [1.29, 1.82) is 0 Å². The van der Waals surface area contributed by atoms with Crippen molar-refractivity contribution in [3.05, 3.63) is 45.4 Å². The van der Waals surface area contributed by atoms with E-state index in [-0.39, 0.29) is 0 Å². The van der Waals surface area contributed by atoms with Crippen LogP contribution in [0.25, 0.3) is 0 Å². The van der Waals surface area contributed by atoms with E-state index in [1.54, 1.807) is 0 Å². The second kappa shape index (κ2) is 4.83. The van der Waals surface area contributed by atoms with E-state index in [4.69, 9.17) is 11.6 Å². The van der Waals surface area contributed by atoms with Crippen LogP contribution in [-0.4, -0.2) is 0 Å². The Labute approximate surface area is 92.7 Å². The zero-order chi connectivity index (χ0) is 9.84. The second-order valence-electron chi connectivity index (χ2n) is 3.02. The lowest BCUT2D eigenvalue weighted by atomic mass is 10.1. The molecule has 0 aliphatic carbocycles. The van der Waals surface area contributed by atoms with Crippen LogP contribution in [0.15, 0.2) is 29.3 Å². The summed E-state index contributed by atoms with van der Waals surface area (Å²) in [6, 6.07) is 4.07. The molecule has 2 heteroatoms. The molecule has 1 aromatic carbocycles. The van der Waals surface area contributed by atoms with Gasteiger partial charge in [-0.1, -0.05) is 39.7 Å². The van der Waals surface area contributed by atoms with Crippen molar-refractivity contribution in [1.82, 2.24) is 0 Å². The van der Waals surface area contributed by atoms with Crippen molar-refractivity contribution in [2.75, 3.05) is 0 Å². The fourth-order valence-corrected chi connectivity index (χ4v) is 1.90. The molecule has 0 aliphatic rings. The molecular weight excluding hydrogens is 247 g/mol. The van der Waals surface area contributed by atoms with Crippen LogP contribution in [0.4, 0.5) is 0 Å². The van der Waals surface area contributed by atoms with E-state index >= 15 is 0 Å². The molecule has 0 saturated carbocycles. The van der Waals surface area contributed by atoms with Crippen molar-refractivity contribution in [2.45, 2.75) is 19.8 Å². The zero-order valence-corrected chi connectivity index (χ0v) is 9.95. The summed E-state index contributed by atoms with van der Waals surface area (Å²) in [7, 11) is 0. The van der Waals surface area contributed by atoms with Crippen molar-refractivity contribution in [3.8, 4) is 0 Å². The van der Waals surface area contributed by atoms with Crippen LogP contribution in [0.1, 0.15) is 17.5 Å². The molecule has 0 aromatic heterocycles. The third-order valence-electron chi connectivity index (χ3n) is 1.95. The molecule has 0 bridgehead atoms. The second-order valence-corrected chi connectivity index (χ2v) is 4.28. The highest BCUT2D eigenvalue weighted by atomic mass is 79.9. The highest BCUT2D eigenvalue weighted by molar-refractivity contribution is 9.10. The number of aryl methyl sites for hydroxylation is 2. The highest BCUT2D eigenvalue weighted by Gasteiger charge is 2.02. The van der Waals surface area contributed by atoms with Crippen molar-refractivity contribution in [2.24, 2.45) is 0 Å². The summed E-state index contributed by atoms with van der Waals surface area (Å²) in [4.78, 5) is 0. The summed E-state index contributed by atoms with van der Waals surface area (Å²) in [5, 5.41) is 0.833. The summed E-state index contributed by atoms with van der Waals surface area (Å²) in [6.45, 7) is 5.76. The Kier molecular flexibility index (Phi) is 4.01. The molecule has 13 heavy (non-hydrogen) atoms. The summed E-state index contributed by atoms with van der Waals surface area (Å²) >= 11 is 9.52. The van der Waals surface area contributed by atoms with Crippen LogP contribution in [0.5, 0.6) is 0 Å². The molecule has 0 aliphatic heterocycles. The van der Waals surface area contributed by atoms with Gasteiger partial charge in [-0.15, -0.1) is 6.58 Å². The number of benzene rings is 1. The van der Waals surface area contributed by atoms with E-state index in [2.05, 4.69) is 35.5 Å². The standard InChI is InChI=1S/C11H12BrCl/c1-3-4-5-9-6-8(2)10(12)7-11(9)13/h3,6-7H,1,4-5H2,2H3. The molecule has 70 valence electrons. The van der Waals surface area contributed by atoms with E-state index < -0.39 is 0 Å². The van der Waals surface area contributed by atoms with E-state index in [1.807, 2.05) is 12.1 Å². The average molecular weight is 260 g/mol. The first-order chi connectivity index (χ1) is 6.15. The number of rotatable bonds is 3. The maximum atomic E-state index is 6.07. The molecule has 0 fully saturated rings. The Bertz CT molecular complexity index is 318. The molecule has 1 aromatic rings. The van der Waals surface area contributed by atoms with Gasteiger partial charge in [-0.05, 0) is 37.0 Å². The zero-order valence-electron chi connectivity index (χ0n) is 7.61. The summed E-state index contributed by atoms with van der Waals surface area (Å²) in [5.74, 6) is 0. The first-order valence-electron chi connectivity index (χ1n) is 4.20. The monoisotopic (exact) mass is 258 g/mol. The average Bonchev–Trinajstić information content (AvgIpc) is 2.09. The van der Waals surface area contributed by atoms with Gasteiger partial charge in [-0.3, -0.25) is 0 Å². The predicted molar refractivity (Wildman–Crippen MR) is 62.4 cm³/mol. The third-order valence-corrected chi connectivity index (χ3v) is 3.15. The first-order valence-corrected chi connectivity index (χ1v) is 5.37. The largest absolute Gasteiger partial charge is 0.103 e. The van der Waals surface area contributed by atoms with Gasteiger partial charge in [-0.2, -0.15) is 0 Å². The van der Waals surface area contributed by atoms with Crippen LogP contribution in [0.2, 0.25) is 5.02 Å². The summed E-state index contributed by atoms with van der Waals surface area (Å²) < 4.78 is 1.07. The molecule has 1 rings (SSSR count).